The summed E-state index contributed by atoms with van der Waals surface area (Å²) >= 11 is 1.59. The summed E-state index contributed by atoms with van der Waals surface area (Å²) in [4.78, 5) is 18.4. The normalized spacial score (nSPS) is 19.5. The van der Waals surface area contributed by atoms with Gasteiger partial charge in [0.05, 0.1) is 22.2 Å². The number of halogens is 1. The fraction of sp³-hybridized carbons (Fsp3) is 0.300. The van der Waals surface area contributed by atoms with Gasteiger partial charge in [-0.15, -0.1) is 11.3 Å². The van der Waals surface area contributed by atoms with Crippen LogP contribution < -0.4 is 0 Å². The van der Waals surface area contributed by atoms with Crippen LogP contribution in [0.3, 0.4) is 0 Å². The van der Waals surface area contributed by atoms with Gasteiger partial charge in [-0.1, -0.05) is 24.3 Å². The van der Waals surface area contributed by atoms with Crippen LogP contribution in [0.4, 0.5) is 4.39 Å². The smallest absolute Gasteiger partial charge is 0.307 e. The summed E-state index contributed by atoms with van der Waals surface area (Å²) in [5.41, 5.74) is 1.73. The number of rotatable bonds is 4. The number of carboxylic acids is 1. The van der Waals surface area contributed by atoms with Crippen LogP contribution in [-0.4, -0.2) is 34.0 Å². The number of piperidine rings is 1. The van der Waals surface area contributed by atoms with Gasteiger partial charge in [0, 0.05) is 6.54 Å². The van der Waals surface area contributed by atoms with E-state index in [2.05, 4.69) is 4.90 Å². The van der Waals surface area contributed by atoms with E-state index in [1.807, 2.05) is 30.3 Å². The van der Waals surface area contributed by atoms with E-state index < -0.39 is 11.9 Å². The van der Waals surface area contributed by atoms with E-state index >= 15 is 0 Å². The summed E-state index contributed by atoms with van der Waals surface area (Å²) in [6.07, 6.45) is 1.50. The molecule has 0 bridgehead atoms. The van der Waals surface area contributed by atoms with E-state index in [9.17, 15) is 14.3 Å². The highest BCUT2D eigenvalue weighted by Gasteiger charge is 2.33. The second-order valence-electron chi connectivity index (χ2n) is 6.65. The number of aromatic nitrogens is 1. The standard InChI is InChI=1S/C20H19FN2O2S/c21-15-7-3-5-13(11-15)18(23-10-4-6-14(12-23)20(24)25)19-22-16-8-1-2-9-17(16)26-19/h1-3,5,7-9,11,14,18H,4,6,10,12H2,(H,24,25). The number of para-hydroxylation sites is 1. The van der Waals surface area contributed by atoms with Crippen molar-refractivity contribution in [2.45, 2.75) is 18.9 Å². The molecule has 1 N–H and O–H groups in total. The predicted octanol–water partition coefficient (Wildman–Crippen LogP) is 4.32. The van der Waals surface area contributed by atoms with Crippen molar-refractivity contribution in [1.29, 1.82) is 0 Å². The van der Waals surface area contributed by atoms with Gasteiger partial charge < -0.3 is 5.11 Å². The highest BCUT2D eigenvalue weighted by atomic mass is 32.1. The summed E-state index contributed by atoms with van der Waals surface area (Å²) in [5.74, 6) is -1.45. The summed E-state index contributed by atoms with van der Waals surface area (Å²) in [7, 11) is 0. The van der Waals surface area contributed by atoms with Crippen molar-refractivity contribution in [2.24, 2.45) is 5.92 Å². The minimum absolute atomic E-state index is 0.231. The Bertz CT molecular complexity index is 909. The minimum Gasteiger partial charge on any atom is -0.481 e. The first-order chi connectivity index (χ1) is 12.6. The lowest BCUT2D eigenvalue weighted by Crippen LogP contribution is -2.41. The molecule has 26 heavy (non-hydrogen) atoms. The number of thiazole rings is 1. The Labute approximate surface area is 154 Å². The number of fused-ring (bicyclic) bond motifs is 1. The number of likely N-dealkylation sites (tertiary alicyclic amines) is 1. The van der Waals surface area contributed by atoms with Crippen molar-refractivity contribution in [2.75, 3.05) is 13.1 Å². The highest BCUT2D eigenvalue weighted by molar-refractivity contribution is 7.18. The molecule has 0 amide bonds. The summed E-state index contributed by atoms with van der Waals surface area (Å²) < 4.78 is 15.0. The Morgan fingerprint density at radius 3 is 2.88 bits per heavy atom. The molecular formula is C20H19FN2O2S. The molecule has 1 aromatic heterocycles. The maximum absolute atomic E-state index is 13.9. The van der Waals surface area contributed by atoms with E-state index in [1.54, 1.807) is 17.4 Å². The molecule has 4 nitrogen and oxygen atoms in total. The molecular weight excluding hydrogens is 351 g/mol. The Morgan fingerprint density at radius 2 is 2.12 bits per heavy atom. The van der Waals surface area contributed by atoms with Gasteiger partial charge in [-0.2, -0.15) is 0 Å². The van der Waals surface area contributed by atoms with E-state index in [0.29, 0.717) is 13.0 Å². The molecule has 0 spiro atoms. The Balaban J connectivity index is 1.77. The molecule has 0 aliphatic carbocycles. The van der Waals surface area contributed by atoms with Gasteiger partial charge in [-0.25, -0.2) is 9.37 Å². The lowest BCUT2D eigenvalue weighted by molar-refractivity contribution is -0.143. The first-order valence-corrected chi connectivity index (χ1v) is 9.51. The van der Waals surface area contributed by atoms with E-state index in [-0.39, 0.29) is 11.9 Å². The topological polar surface area (TPSA) is 53.4 Å². The van der Waals surface area contributed by atoms with Crippen molar-refractivity contribution in [3.63, 3.8) is 0 Å². The number of carboxylic acid groups (broad SMARTS) is 1. The molecule has 6 heteroatoms. The summed E-state index contributed by atoms with van der Waals surface area (Å²) in [6.45, 7) is 1.23. The Morgan fingerprint density at radius 1 is 1.27 bits per heavy atom. The SMILES string of the molecule is O=C(O)C1CCCN(C(c2cccc(F)c2)c2nc3ccccc3s2)C1. The third-order valence-corrected chi connectivity index (χ3v) is 5.96. The van der Waals surface area contributed by atoms with Gasteiger partial charge in [0.1, 0.15) is 10.8 Å². The number of hydrogen-bond acceptors (Lipinski definition) is 4. The van der Waals surface area contributed by atoms with Crippen LogP contribution in [0, 0.1) is 11.7 Å². The maximum Gasteiger partial charge on any atom is 0.307 e. The molecule has 1 aliphatic rings. The largest absolute Gasteiger partial charge is 0.481 e. The second kappa shape index (κ2) is 7.13. The quantitative estimate of drug-likeness (QED) is 0.743. The van der Waals surface area contributed by atoms with Gasteiger partial charge in [-0.05, 0) is 49.2 Å². The average molecular weight is 370 g/mol. The van der Waals surface area contributed by atoms with Gasteiger partial charge in [0.15, 0.2) is 0 Å². The first kappa shape index (κ1) is 17.1. The van der Waals surface area contributed by atoms with Gasteiger partial charge in [-0.3, -0.25) is 9.69 Å². The molecule has 3 aromatic rings. The maximum atomic E-state index is 13.9. The minimum atomic E-state index is -0.767. The predicted molar refractivity (Wildman–Crippen MR) is 99.8 cm³/mol. The third kappa shape index (κ3) is 3.34. The molecule has 4 rings (SSSR count). The Hall–Kier alpha value is -2.31. The van der Waals surface area contributed by atoms with E-state index in [0.717, 1.165) is 33.8 Å². The van der Waals surface area contributed by atoms with E-state index in [1.165, 1.54) is 12.1 Å². The molecule has 1 aliphatic heterocycles. The van der Waals surface area contributed by atoms with Crippen LogP contribution >= 0.6 is 11.3 Å². The van der Waals surface area contributed by atoms with Crippen LogP contribution in [-0.2, 0) is 4.79 Å². The number of benzene rings is 2. The summed E-state index contributed by atoms with van der Waals surface area (Å²) in [6, 6.07) is 14.2. The zero-order chi connectivity index (χ0) is 18.1. The molecule has 1 fully saturated rings. The molecule has 2 atom stereocenters. The van der Waals surface area contributed by atoms with Crippen LogP contribution in [0.25, 0.3) is 10.2 Å². The molecule has 1 saturated heterocycles. The molecule has 0 saturated carbocycles. The van der Waals surface area contributed by atoms with Crippen molar-refractivity contribution < 1.29 is 14.3 Å². The average Bonchev–Trinajstić information content (AvgIpc) is 3.05. The van der Waals surface area contributed by atoms with Crippen molar-refractivity contribution in [1.82, 2.24) is 9.88 Å². The monoisotopic (exact) mass is 370 g/mol. The first-order valence-electron chi connectivity index (χ1n) is 8.69. The zero-order valence-electron chi connectivity index (χ0n) is 14.1. The molecule has 2 unspecified atom stereocenters. The van der Waals surface area contributed by atoms with Crippen molar-refractivity contribution in [3.8, 4) is 0 Å². The Kier molecular flexibility index (Phi) is 4.70. The van der Waals surface area contributed by atoms with Crippen LogP contribution in [0.5, 0.6) is 0 Å². The molecule has 134 valence electrons. The van der Waals surface area contributed by atoms with Gasteiger partial charge >= 0.3 is 5.97 Å². The summed E-state index contributed by atoms with van der Waals surface area (Å²) in [5, 5.41) is 10.3. The number of hydrogen-bond donors (Lipinski definition) is 1. The lowest BCUT2D eigenvalue weighted by Gasteiger charge is -2.36. The number of carbonyl (C=O) groups is 1. The van der Waals surface area contributed by atoms with Crippen molar-refractivity contribution in [3.05, 3.63) is 64.9 Å². The van der Waals surface area contributed by atoms with Gasteiger partial charge in [0.25, 0.3) is 0 Å². The van der Waals surface area contributed by atoms with Gasteiger partial charge in [0.2, 0.25) is 0 Å². The zero-order valence-corrected chi connectivity index (χ0v) is 15.0. The number of nitrogens with zero attached hydrogens (tertiary/aromatic N) is 2. The van der Waals surface area contributed by atoms with Crippen LogP contribution in [0.2, 0.25) is 0 Å². The van der Waals surface area contributed by atoms with Crippen LogP contribution in [0.15, 0.2) is 48.5 Å². The van der Waals surface area contributed by atoms with Crippen LogP contribution in [0.1, 0.15) is 29.5 Å². The lowest BCUT2D eigenvalue weighted by atomic mass is 9.95. The van der Waals surface area contributed by atoms with E-state index in [4.69, 9.17) is 4.98 Å². The fourth-order valence-electron chi connectivity index (χ4n) is 3.64. The second-order valence-corrected chi connectivity index (χ2v) is 7.71. The molecule has 2 aromatic carbocycles. The number of aliphatic carboxylic acids is 1. The fourth-order valence-corrected chi connectivity index (χ4v) is 4.77. The van der Waals surface area contributed by atoms with Crippen molar-refractivity contribution >= 4 is 27.5 Å². The third-order valence-electron chi connectivity index (χ3n) is 4.88. The highest BCUT2D eigenvalue weighted by Crippen LogP contribution is 2.36. The molecule has 2 heterocycles. The molecule has 0 radical (unpaired) electrons.